The third kappa shape index (κ3) is 6.89. The van der Waals surface area contributed by atoms with Crippen LogP contribution in [0.3, 0.4) is 0 Å². The molecule has 1 unspecified atom stereocenters. The maximum absolute atomic E-state index is 12.3. The zero-order valence-electron chi connectivity index (χ0n) is 19.5. The first-order chi connectivity index (χ1) is 15.6. The molecule has 0 fully saturated rings. The monoisotopic (exact) mass is 465 g/mol. The summed E-state index contributed by atoms with van der Waals surface area (Å²) in [6.45, 7) is 9.41. The van der Waals surface area contributed by atoms with Gasteiger partial charge in [0.25, 0.3) is 5.91 Å². The number of aliphatic carboxylic acids is 1. The van der Waals surface area contributed by atoms with Crippen molar-refractivity contribution in [2.75, 3.05) is 11.4 Å². The van der Waals surface area contributed by atoms with Crippen LogP contribution in [0.15, 0.2) is 60.0 Å². The minimum Gasteiger partial charge on any atom is -0.480 e. The number of thiazole rings is 1. The standard InChI is InChI=1S/C26H31N3O3S/c1-18(24(31)32)27-23(30)21-12-10-20(11-13-21)16-29(15-14-19-8-6-5-7-9-19)25-28-22(17-33-25)26(2,3)4/h5-13,17-18H,14-16H2,1-4H3,(H,27,30)(H,31,32). The predicted molar refractivity (Wildman–Crippen MR) is 133 cm³/mol. The number of anilines is 1. The summed E-state index contributed by atoms with van der Waals surface area (Å²) in [5.74, 6) is -1.46. The highest BCUT2D eigenvalue weighted by Crippen LogP contribution is 2.29. The highest BCUT2D eigenvalue weighted by molar-refractivity contribution is 7.13. The van der Waals surface area contributed by atoms with E-state index in [9.17, 15) is 9.59 Å². The van der Waals surface area contributed by atoms with Crippen molar-refractivity contribution in [2.45, 2.75) is 52.1 Å². The molecule has 0 radical (unpaired) electrons. The Hall–Kier alpha value is -3.19. The van der Waals surface area contributed by atoms with Crippen LogP contribution in [0, 0.1) is 0 Å². The number of aromatic nitrogens is 1. The number of nitrogens with one attached hydrogen (secondary N) is 1. The lowest BCUT2D eigenvalue weighted by molar-refractivity contribution is -0.138. The molecule has 0 saturated carbocycles. The molecule has 2 aromatic carbocycles. The number of hydrogen-bond donors (Lipinski definition) is 2. The van der Waals surface area contributed by atoms with E-state index in [-0.39, 0.29) is 5.41 Å². The van der Waals surface area contributed by atoms with Gasteiger partial charge in [0.2, 0.25) is 0 Å². The Kier molecular flexibility index (Phi) is 7.87. The second-order valence-electron chi connectivity index (χ2n) is 9.15. The topological polar surface area (TPSA) is 82.5 Å². The Morgan fingerprint density at radius 3 is 2.30 bits per heavy atom. The number of carboxylic acids is 1. The highest BCUT2D eigenvalue weighted by Gasteiger charge is 2.20. The first kappa shape index (κ1) is 24.5. The molecule has 0 aliphatic heterocycles. The number of benzene rings is 2. The number of rotatable bonds is 9. The second-order valence-corrected chi connectivity index (χ2v) is 9.99. The fourth-order valence-electron chi connectivity index (χ4n) is 3.23. The van der Waals surface area contributed by atoms with E-state index in [1.807, 2.05) is 18.2 Å². The van der Waals surface area contributed by atoms with Crippen molar-refractivity contribution in [2.24, 2.45) is 0 Å². The van der Waals surface area contributed by atoms with E-state index in [0.29, 0.717) is 12.1 Å². The van der Waals surface area contributed by atoms with Crippen molar-refractivity contribution in [3.05, 3.63) is 82.4 Å². The second kappa shape index (κ2) is 10.6. The number of carbonyl (C=O) groups excluding carboxylic acids is 1. The third-order valence-corrected chi connectivity index (χ3v) is 6.25. The lowest BCUT2D eigenvalue weighted by atomic mass is 9.93. The van der Waals surface area contributed by atoms with Crippen molar-refractivity contribution in [1.82, 2.24) is 10.3 Å². The van der Waals surface area contributed by atoms with Gasteiger partial charge in [-0.3, -0.25) is 9.59 Å². The van der Waals surface area contributed by atoms with E-state index in [2.05, 4.69) is 60.6 Å². The van der Waals surface area contributed by atoms with Crippen LogP contribution in [0.1, 0.15) is 54.9 Å². The molecule has 1 amide bonds. The van der Waals surface area contributed by atoms with Gasteiger partial charge >= 0.3 is 5.97 Å². The van der Waals surface area contributed by atoms with Gasteiger partial charge in [0.05, 0.1) is 5.69 Å². The minimum absolute atomic E-state index is 0.0120. The number of carbonyl (C=O) groups is 2. The molecule has 1 atom stereocenters. The van der Waals surface area contributed by atoms with Gasteiger partial charge in [-0.15, -0.1) is 11.3 Å². The molecule has 33 heavy (non-hydrogen) atoms. The summed E-state index contributed by atoms with van der Waals surface area (Å²) in [6.07, 6.45) is 0.902. The molecule has 0 bridgehead atoms. The largest absolute Gasteiger partial charge is 0.480 e. The van der Waals surface area contributed by atoms with Crippen molar-refractivity contribution in [3.8, 4) is 0 Å². The van der Waals surface area contributed by atoms with E-state index in [0.717, 1.165) is 29.4 Å². The smallest absolute Gasteiger partial charge is 0.325 e. The van der Waals surface area contributed by atoms with Gasteiger partial charge in [0.1, 0.15) is 6.04 Å². The van der Waals surface area contributed by atoms with Gasteiger partial charge in [-0.2, -0.15) is 0 Å². The van der Waals surface area contributed by atoms with Gasteiger partial charge in [0.15, 0.2) is 5.13 Å². The van der Waals surface area contributed by atoms with Crippen molar-refractivity contribution < 1.29 is 14.7 Å². The summed E-state index contributed by atoms with van der Waals surface area (Å²) >= 11 is 1.65. The minimum atomic E-state index is -1.06. The van der Waals surface area contributed by atoms with Gasteiger partial charge in [-0.05, 0) is 36.6 Å². The molecular formula is C26H31N3O3S. The molecule has 0 aliphatic rings. The zero-order valence-corrected chi connectivity index (χ0v) is 20.4. The molecule has 1 aromatic heterocycles. The van der Waals surface area contributed by atoms with E-state index in [1.165, 1.54) is 12.5 Å². The van der Waals surface area contributed by atoms with E-state index < -0.39 is 17.9 Å². The van der Waals surface area contributed by atoms with Gasteiger partial charge in [0, 0.05) is 29.4 Å². The van der Waals surface area contributed by atoms with Gasteiger partial charge < -0.3 is 15.3 Å². The summed E-state index contributed by atoms with van der Waals surface area (Å²) in [4.78, 5) is 30.4. The molecular weight excluding hydrogens is 434 g/mol. The Balaban J connectivity index is 1.75. The van der Waals surface area contributed by atoms with Gasteiger partial charge in [-0.25, -0.2) is 4.98 Å². The molecule has 3 rings (SSSR count). The number of hydrogen-bond acceptors (Lipinski definition) is 5. The fraction of sp³-hybridized carbons (Fsp3) is 0.346. The Morgan fingerprint density at radius 1 is 1.06 bits per heavy atom. The summed E-state index contributed by atoms with van der Waals surface area (Å²) in [6, 6.07) is 16.7. The van der Waals surface area contributed by atoms with Crippen LogP contribution >= 0.6 is 11.3 Å². The first-order valence-corrected chi connectivity index (χ1v) is 11.9. The van der Waals surface area contributed by atoms with E-state index in [1.54, 1.807) is 23.5 Å². The summed E-state index contributed by atoms with van der Waals surface area (Å²) in [5.41, 5.74) is 3.83. The molecule has 2 N–H and O–H groups in total. The van der Waals surface area contributed by atoms with Crippen LogP contribution in [0.2, 0.25) is 0 Å². The number of amides is 1. The van der Waals surface area contributed by atoms with Crippen LogP contribution in [0.4, 0.5) is 5.13 Å². The van der Waals surface area contributed by atoms with E-state index >= 15 is 0 Å². The summed E-state index contributed by atoms with van der Waals surface area (Å²) < 4.78 is 0. The molecule has 6 nitrogen and oxygen atoms in total. The van der Waals surface area contributed by atoms with E-state index in [4.69, 9.17) is 10.1 Å². The Bertz CT molecular complexity index is 1070. The van der Waals surface area contributed by atoms with Crippen molar-refractivity contribution in [3.63, 3.8) is 0 Å². The maximum atomic E-state index is 12.3. The fourth-order valence-corrected chi connectivity index (χ4v) is 4.31. The predicted octanol–water partition coefficient (Wildman–Crippen LogP) is 4.89. The zero-order chi connectivity index (χ0) is 24.0. The maximum Gasteiger partial charge on any atom is 0.325 e. The lowest BCUT2D eigenvalue weighted by Crippen LogP contribution is -2.38. The molecule has 0 spiro atoms. The highest BCUT2D eigenvalue weighted by atomic mass is 32.1. The van der Waals surface area contributed by atoms with Crippen LogP contribution < -0.4 is 10.2 Å². The summed E-state index contributed by atoms with van der Waals surface area (Å²) in [7, 11) is 0. The average Bonchev–Trinajstić information content (AvgIpc) is 3.28. The normalized spacial score (nSPS) is 12.2. The Morgan fingerprint density at radius 2 is 1.73 bits per heavy atom. The van der Waals surface area contributed by atoms with Crippen molar-refractivity contribution in [1.29, 1.82) is 0 Å². The molecule has 174 valence electrons. The molecule has 0 saturated heterocycles. The summed E-state index contributed by atoms with van der Waals surface area (Å²) in [5, 5.41) is 14.6. The lowest BCUT2D eigenvalue weighted by Gasteiger charge is -2.23. The average molecular weight is 466 g/mol. The molecule has 1 heterocycles. The third-order valence-electron chi connectivity index (χ3n) is 5.35. The van der Waals surface area contributed by atoms with Crippen LogP contribution in [0.5, 0.6) is 0 Å². The SMILES string of the molecule is CC(NC(=O)c1ccc(CN(CCc2ccccc2)c2nc(C(C)(C)C)cs2)cc1)C(=O)O. The Labute approximate surface area is 199 Å². The molecule has 0 aliphatic carbocycles. The first-order valence-electron chi connectivity index (χ1n) is 11.0. The van der Waals surface area contributed by atoms with Crippen LogP contribution in [0.25, 0.3) is 0 Å². The van der Waals surface area contributed by atoms with Crippen LogP contribution in [-0.4, -0.2) is 34.6 Å². The molecule has 3 aromatic rings. The van der Waals surface area contributed by atoms with Crippen LogP contribution in [-0.2, 0) is 23.2 Å². The van der Waals surface area contributed by atoms with Crippen molar-refractivity contribution >= 4 is 28.3 Å². The quantitative estimate of drug-likeness (QED) is 0.470. The number of nitrogens with zero attached hydrogens (tertiary/aromatic N) is 2. The number of carboxylic acid groups (broad SMARTS) is 1. The molecule has 7 heteroatoms. The van der Waals surface area contributed by atoms with Gasteiger partial charge in [-0.1, -0.05) is 63.2 Å².